The highest BCUT2D eigenvalue weighted by Gasteiger charge is 2.42. The molecule has 2 heterocycles. The number of piperidine rings is 1. The normalized spacial score (nSPS) is 32.7. The van der Waals surface area contributed by atoms with Gasteiger partial charge in [0.1, 0.15) is 0 Å². The molecule has 17 heavy (non-hydrogen) atoms. The maximum atomic E-state index is 12.1. The number of hydrogen-bond donors (Lipinski definition) is 0. The number of ether oxygens (including phenoxy) is 1. The van der Waals surface area contributed by atoms with E-state index in [1.807, 2.05) is 4.90 Å². The van der Waals surface area contributed by atoms with Crippen LogP contribution in [0.4, 0.5) is 4.79 Å². The molecule has 0 aromatic heterocycles. The molecule has 0 aromatic carbocycles. The highest BCUT2D eigenvalue weighted by molar-refractivity contribution is 5.69. The van der Waals surface area contributed by atoms with Crippen LogP contribution in [0.15, 0.2) is 0 Å². The molecule has 1 amide bonds. The molecule has 0 spiro atoms. The zero-order valence-corrected chi connectivity index (χ0v) is 11.5. The zero-order chi connectivity index (χ0) is 12.6. The molecule has 2 rings (SSSR count). The highest BCUT2D eigenvalue weighted by atomic mass is 16.6. The molecule has 2 aliphatic rings. The SMILES string of the molecule is CC1CC2CCC(C1)N2C(=O)OCC(C)(C)C. The van der Waals surface area contributed by atoms with Gasteiger partial charge >= 0.3 is 6.09 Å². The van der Waals surface area contributed by atoms with Crippen LogP contribution in [0.3, 0.4) is 0 Å². The van der Waals surface area contributed by atoms with Gasteiger partial charge in [-0.15, -0.1) is 0 Å². The van der Waals surface area contributed by atoms with Crippen molar-refractivity contribution in [2.45, 2.75) is 65.5 Å². The summed E-state index contributed by atoms with van der Waals surface area (Å²) in [6.07, 6.45) is 4.56. The van der Waals surface area contributed by atoms with E-state index >= 15 is 0 Å². The third-order valence-electron chi connectivity index (χ3n) is 3.81. The van der Waals surface area contributed by atoms with Gasteiger partial charge in [-0.3, -0.25) is 0 Å². The molecule has 3 heteroatoms. The second-order valence-electron chi connectivity index (χ2n) is 6.98. The summed E-state index contributed by atoms with van der Waals surface area (Å²) in [5, 5.41) is 0. The Morgan fingerprint density at radius 2 is 1.76 bits per heavy atom. The minimum absolute atomic E-state index is 0.0534. The van der Waals surface area contributed by atoms with Crippen molar-refractivity contribution in [3.63, 3.8) is 0 Å². The highest BCUT2D eigenvalue weighted by Crippen LogP contribution is 2.38. The van der Waals surface area contributed by atoms with Gasteiger partial charge in [0.25, 0.3) is 0 Å². The molecule has 2 bridgehead atoms. The van der Waals surface area contributed by atoms with Gasteiger partial charge in [-0.05, 0) is 37.0 Å². The number of amides is 1. The molecule has 2 saturated heterocycles. The van der Waals surface area contributed by atoms with Crippen molar-refractivity contribution < 1.29 is 9.53 Å². The molecular formula is C14H25NO2. The largest absolute Gasteiger partial charge is 0.449 e. The summed E-state index contributed by atoms with van der Waals surface area (Å²) in [5.74, 6) is 0.763. The van der Waals surface area contributed by atoms with E-state index in [2.05, 4.69) is 27.7 Å². The lowest BCUT2D eigenvalue weighted by molar-refractivity contribution is 0.0405. The molecule has 0 radical (unpaired) electrons. The lowest BCUT2D eigenvalue weighted by Gasteiger charge is -2.37. The molecule has 98 valence electrons. The van der Waals surface area contributed by atoms with E-state index in [0.717, 1.165) is 18.8 Å². The van der Waals surface area contributed by atoms with E-state index in [-0.39, 0.29) is 11.5 Å². The van der Waals surface area contributed by atoms with Crippen molar-refractivity contribution in [3.05, 3.63) is 0 Å². The Balaban J connectivity index is 1.92. The molecule has 0 aliphatic carbocycles. The quantitative estimate of drug-likeness (QED) is 0.701. The Labute approximate surface area is 105 Å². The van der Waals surface area contributed by atoms with E-state index in [4.69, 9.17) is 4.74 Å². The summed E-state index contributed by atoms with van der Waals surface area (Å²) < 4.78 is 5.45. The second kappa shape index (κ2) is 4.51. The van der Waals surface area contributed by atoms with Crippen molar-refractivity contribution in [2.75, 3.05) is 6.61 Å². The standard InChI is InChI=1S/C14H25NO2/c1-10-7-11-5-6-12(8-10)15(11)13(16)17-9-14(2,3)4/h10-12H,5-9H2,1-4H3. The van der Waals surface area contributed by atoms with Crippen LogP contribution in [0.1, 0.15) is 53.4 Å². The smallest absolute Gasteiger partial charge is 0.410 e. The van der Waals surface area contributed by atoms with Crippen molar-refractivity contribution in [1.82, 2.24) is 4.90 Å². The third-order valence-corrected chi connectivity index (χ3v) is 3.81. The summed E-state index contributed by atoms with van der Waals surface area (Å²) in [4.78, 5) is 14.1. The molecule has 2 fully saturated rings. The van der Waals surface area contributed by atoms with Gasteiger partial charge in [0.2, 0.25) is 0 Å². The summed E-state index contributed by atoms with van der Waals surface area (Å²) >= 11 is 0. The van der Waals surface area contributed by atoms with E-state index in [1.165, 1.54) is 12.8 Å². The zero-order valence-electron chi connectivity index (χ0n) is 11.5. The Kier molecular flexibility index (Phi) is 3.37. The first kappa shape index (κ1) is 12.7. The minimum Gasteiger partial charge on any atom is -0.449 e. The van der Waals surface area contributed by atoms with Crippen LogP contribution >= 0.6 is 0 Å². The maximum Gasteiger partial charge on any atom is 0.410 e. The molecule has 2 unspecified atom stereocenters. The monoisotopic (exact) mass is 239 g/mol. The third kappa shape index (κ3) is 2.93. The van der Waals surface area contributed by atoms with E-state index in [0.29, 0.717) is 18.7 Å². The second-order valence-corrected chi connectivity index (χ2v) is 6.98. The first-order valence-corrected chi connectivity index (χ1v) is 6.82. The first-order valence-electron chi connectivity index (χ1n) is 6.82. The van der Waals surface area contributed by atoms with E-state index < -0.39 is 0 Å². The first-order chi connectivity index (χ1) is 7.87. The van der Waals surface area contributed by atoms with Crippen LogP contribution in [0.2, 0.25) is 0 Å². The number of carbonyl (C=O) groups excluding carboxylic acids is 1. The number of fused-ring (bicyclic) bond motifs is 2. The van der Waals surface area contributed by atoms with Crippen molar-refractivity contribution >= 4 is 6.09 Å². The van der Waals surface area contributed by atoms with Crippen LogP contribution in [-0.2, 0) is 4.74 Å². The number of hydrogen-bond acceptors (Lipinski definition) is 2. The molecule has 0 saturated carbocycles. The van der Waals surface area contributed by atoms with Gasteiger partial charge in [0.05, 0.1) is 6.61 Å². The molecule has 2 atom stereocenters. The predicted molar refractivity (Wildman–Crippen MR) is 67.9 cm³/mol. The fourth-order valence-corrected chi connectivity index (χ4v) is 3.10. The van der Waals surface area contributed by atoms with E-state index in [1.54, 1.807) is 0 Å². The fraction of sp³-hybridized carbons (Fsp3) is 0.929. The number of carbonyl (C=O) groups is 1. The predicted octanol–water partition coefficient (Wildman–Crippen LogP) is 3.43. The van der Waals surface area contributed by atoms with Gasteiger partial charge in [-0.25, -0.2) is 4.79 Å². The lowest BCUT2D eigenvalue weighted by Crippen LogP contribution is -2.46. The van der Waals surface area contributed by atoms with Crippen LogP contribution in [0.25, 0.3) is 0 Å². The Morgan fingerprint density at radius 3 is 2.24 bits per heavy atom. The van der Waals surface area contributed by atoms with Crippen LogP contribution in [0, 0.1) is 11.3 Å². The lowest BCUT2D eigenvalue weighted by atomic mass is 9.93. The molecule has 0 aromatic rings. The van der Waals surface area contributed by atoms with Crippen LogP contribution < -0.4 is 0 Å². The Hall–Kier alpha value is -0.730. The molecule has 2 aliphatic heterocycles. The van der Waals surface area contributed by atoms with Crippen LogP contribution in [-0.4, -0.2) is 29.7 Å². The average Bonchev–Trinajstić information content (AvgIpc) is 2.47. The van der Waals surface area contributed by atoms with Gasteiger partial charge in [0.15, 0.2) is 0 Å². The number of rotatable bonds is 1. The van der Waals surface area contributed by atoms with Crippen molar-refractivity contribution in [2.24, 2.45) is 11.3 Å². The molecule has 0 N–H and O–H groups in total. The van der Waals surface area contributed by atoms with Gasteiger partial charge in [-0.1, -0.05) is 27.7 Å². The summed E-state index contributed by atoms with van der Waals surface area (Å²) in [7, 11) is 0. The van der Waals surface area contributed by atoms with Crippen molar-refractivity contribution in [3.8, 4) is 0 Å². The maximum absolute atomic E-state index is 12.1. The van der Waals surface area contributed by atoms with E-state index in [9.17, 15) is 4.79 Å². The fourth-order valence-electron chi connectivity index (χ4n) is 3.10. The van der Waals surface area contributed by atoms with Gasteiger partial charge in [0, 0.05) is 12.1 Å². The Bertz CT molecular complexity index is 281. The topological polar surface area (TPSA) is 29.5 Å². The summed E-state index contributed by atoms with van der Waals surface area (Å²) in [6.45, 7) is 9.08. The Morgan fingerprint density at radius 1 is 1.24 bits per heavy atom. The average molecular weight is 239 g/mol. The summed E-state index contributed by atoms with van der Waals surface area (Å²) in [5.41, 5.74) is 0.0534. The minimum atomic E-state index is -0.0840. The van der Waals surface area contributed by atoms with Gasteiger partial charge < -0.3 is 9.64 Å². The van der Waals surface area contributed by atoms with Gasteiger partial charge in [-0.2, -0.15) is 0 Å². The van der Waals surface area contributed by atoms with Crippen LogP contribution in [0.5, 0.6) is 0 Å². The summed E-state index contributed by atoms with van der Waals surface area (Å²) in [6, 6.07) is 0.882. The van der Waals surface area contributed by atoms with Crippen molar-refractivity contribution in [1.29, 1.82) is 0 Å². The molecular weight excluding hydrogens is 214 g/mol. The molecule has 3 nitrogen and oxygen atoms in total. The number of nitrogens with zero attached hydrogens (tertiary/aromatic N) is 1.